The summed E-state index contributed by atoms with van der Waals surface area (Å²) in [5.41, 5.74) is 7.12. The van der Waals surface area contributed by atoms with Crippen LogP contribution in [0.2, 0.25) is 0 Å². The van der Waals surface area contributed by atoms with E-state index in [0.29, 0.717) is 17.7 Å². The van der Waals surface area contributed by atoms with Crippen molar-refractivity contribution in [1.82, 2.24) is 10.6 Å². The minimum Gasteiger partial charge on any atom is -0.467 e. The molecule has 0 aromatic heterocycles. The van der Waals surface area contributed by atoms with Gasteiger partial charge in [0, 0.05) is 18.5 Å². The normalized spacial score (nSPS) is 16.2. The van der Waals surface area contributed by atoms with Crippen molar-refractivity contribution in [2.75, 3.05) is 20.8 Å². The van der Waals surface area contributed by atoms with Crippen molar-refractivity contribution in [3.63, 3.8) is 0 Å². The second-order valence-electron chi connectivity index (χ2n) is 8.74. The number of oxime groups is 1. The number of carbonyl (C=O) groups excluding carboxylic acids is 4. The van der Waals surface area contributed by atoms with E-state index in [2.05, 4.69) is 30.3 Å². The van der Waals surface area contributed by atoms with Crippen LogP contribution < -0.4 is 16.4 Å². The van der Waals surface area contributed by atoms with Gasteiger partial charge in [-0.05, 0) is 26.3 Å². The van der Waals surface area contributed by atoms with Crippen molar-refractivity contribution >= 4 is 35.6 Å². The maximum atomic E-state index is 12.3. The molecule has 1 aliphatic rings. The molecule has 0 radical (unpaired) electrons. The van der Waals surface area contributed by atoms with Crippen LogP contribution in [0.5, 0.6) is 0 Å². The van der Waals surface area contributed by atoms with E-state index >= 15 is 0 Å². The number of amidine groups is 1. The number of esters is 1. The maximum Gasteiger partial charge on any atom is 0.436 e. The second-order valence-corrected chi connectivity index (χ2v) is 8.74. The molecule has 0 fully saturated rings. The van der Waals surface area contributed by atoms with Gasteiger partial charge < -0.3 is 35.4 Å². The van der Waals surface area contributed by atoms with Crippen molar-refractivity contribution in [3.8, 4) is 0 Å². The highest BCUT2D eigenvalue weighted by Crippen LogP contribution is 2.19. The summed E-state index contributed by atoms with van der Waals surface area (Å²) in [6.45, 7) is 5.01. The zero-order valence-corrected chi connectivity index (χ0v) is 20.8. The molecule has 2 rings (SSSR count). The van der Waals surface area contributed by atoms with Crippen molar-refractivity contribution in [2.45, 2.75) is 51.4 Å². The molecule has 13 heteroatoms. The molecule has 1 aliphatic heterocycles. The first-order chi connectivity index (χ1) is 16.9. The summed E-state index contributed by atoms with van der Waals surface area (Å²) in [7, 11) is 2.31. The SMILES string of the molecule is COC(=O)N[C@@H](CNC(=O)CC1CC(c2ccc(/C(N)=N/C(=O)OC(C)(C)C)cc2)=NO1)C(=O)OC. The summed E-state index contributed by atoms with van der Waals surface area (Å²) < 4.78 is 14.2. The zero-order chi connectivity index (χ0) is 26.9. The Bertz CT molecular complexity index is 1030. The number of methoxy groups -OCH3 is 2. The molecule has 1 aromatic carbocycles. The van der Waals surface area contributed by atoms with Crippen LogP contribution in [0.4, 0.5) is 9.59 Å². The van der Waals surface area contributed by atoms with Gasteiger partial charge in [-0.15, -0.1) is 0 Å². The molecule has 0 saturated heterocycles. The van der Waals surface area contributed by atoms with Crippen LogP contribution in [-0.2, 0) is 28.6 Å². The molecule has 2 atom stereocenters. The number of nitrogens with zero attached hydrogens (tertiary/aromatic N) is 2. The number of amides is 3. The Hall–Kier alpha value is -4.16. The molecule has 3 amide bonds. The van der Waals surface area contributed by atoms with Gasteiger partial charge in [-0.25, -0.2) is 14.4 Å². The van der Waals surface area contributed by atoms with E-state index < -0.39 is 41.8 Å². The smallest absolute Gasteiger partial charge is 0.436 e. The quantitative estimate of drug-likeness (QED) is 0.203. The first kappa shape index (κ1) is 28.1. The first-order valence-electron chi connectivity index (χ1n) is 11.0. The summed E-state index contributed by atoms with van der Waals surface area (Å²) in [6, 6.07) is 5.76. The average molecular weight is 506 g/mol. The number of hydrogen-bond donors (Lipinski definition) is 3. The average Bonchev–Trinajstić information content (AvgIpc) is 3.28. The molecular formula is C23H31N5O8. The van der Waals surface area contributed by atoms with Crippen molar-refractivity contribution in [1.29, 1.82) is 0 Å². The largest absolute Gasteiger partial charge is 0.467 e. The summed E-state index contributed by atoms with van der Waals surface area (Å²) in [6.07, 6.45) is -1.77. The Morgan fingerprint density at radius 1 is 1.17 bits per heavy atom. The van der Waals surface area contributed by atoms with Gasteiger partial charge in [-0.3, -0.25) is 4.79 Å². The lowest BCUT2D eigenvalue weighted by molar-refractivity contribution is -0.142. The van der Waals surface area contributed by atoms with Gasteiger partial charge in [-0.2, -0.15) is 4.99 Å². The van der Waals surface area contributed by atoms with Crippen LogP contribution in [0.25, 0.3) is 0 Å². The van der Waals surface area contributed by atoms with Gasteiger partial charge in [0.25, 0.3) is 0 Å². The van der Waals surface area contributed by atoms with Crippen molar-refractivity contribution < 1.29 is 38.2 Å². The van der Waals surface area contributed by atoms with Gasteiger partial charge in [-0.1, -0.05) is 29.4 Å². The molecule has 1 heterocycles. The van der Waals surface area contributed by atoms with E-state index in [0.717, 1.165) is 19.8 Å². The fourth-order valence-corrected chi connectivity index (χ4v) is 3.02. The molecule has 0 saturated carbocycles. The molecule has 1 aromatic rings. The number of benzene rings is 1. The van der Waals surface area contributed by atoms with Crippen molar-refractivity contribution in [2.24, 2.45) is 15.9 Å². The minimum absolute atomic E-state index is 0.0157. The number of nitrogens with one attached hydrogen (secondary N) is 2. The molecule has 196 valence electrons. The maximum absolute atomic E-state index is 12.3. The number of hydrogen-bond acceptors (Lipinski definition) is 9. The summed E-state index contributed by atoms with van der Waals surface area (Å²) >= 11 is 0. The number of carbonyl (C=O) groups is 4. The summed E-state index contributed by atoms with van der Waals surface area (Å²) in [5.74, 6) is -1.12. The standard InChI is InChI=1S/C23H31N5O8/c1-23(2,3)35-22(32)27-19(24)14-8-6-13(7-9-14)16-10-15(36-28-16)11-18(29)25-12-17(20(30)33-4)26-21(31)34-5/h6-9,15,17H,10-12H2,1-5H3,(H,25,29)(H,26,31)(H2,24,27,32)/t15?,17-/m0/s1. The number of rotatable bonds is 8. The Kier molecular flexibility index (Phi) is 9.76. The fourth-order valence-electron chi connectivity index (χ4n) is 3.02. The van der Waals surface area contributed by atoms with E-state index in [1.54, 1.807) is 45.0 Å². The molecule has 4 N–H and O–H groups in total. The number of nitrogens with two attached hydrogens (primary N) is 1. The highest BCUT2D eigenvalue weighted by Gasteiger charge is 2.27. The minimum atomic E-state index is -1.10. The third-order valence-corrected chi connectivity index (χ3v) is 4.73. The Labute approximate surface area is 208 Å². The molecular weight excluding hydrogens is 474 g/mol. The van der Waals surface area contributed by atoms with Gasteiger partial charge >= 0.3 is 18.2 Å². The Morgan fingerprint density at radius 3 is 2.42 bits per heavy atom. The third kappa shape index (κ3) is 8.89. The van der Waals surface area contributed by atoms with E-state index in [1.807, 2.05) is 0 Å². The van der Waals surface area contributed by atoms with Crippen LogP contribution in [0.3, 0.4) is 0 Å². The number of alkyl carbamates (subject to hydrolysis) is 1. The number of ether oxygens (including phenoxy) is 3. The molecule has 36 heavy (non-hydrogen) atoms. The number of aliphatic imine (C=N–C) groups is 1. The molecule has 0 aliphatic carbocycles. The predicted octanol–water partition coefficient (Wildman–Crippen LogP) is 1.22. The van der Waals surface area contributed by atoms with Crippen LogP contribution in [0.1, 0.15) is 44.7 Å². The predicted molar refractivity (Wildman–Crippen MR) is 128 cm³/mol. The summed E-state index contributed by atoms with van der Waals surface area (Å²) in [4.78, 5) is 56.4. The zero-order valence-electron chi connectivity index (χ0n) is 20.8. The topological polar surface area (TPSA) is 180 Å². The van der Waals surface area contributed by atoms with Gasteiger partial charge in [0.1, 0.15) is 23.6 Å². The lowest BCUT2D eigenvalue weighted by Gasteiger charge is -2.17. The lowest BCUT2D eigenvalue weighted by atomic mass is 10.0. The Morgan fingerprint density at radius 2 is 1.83 bits per heavy atom. The van der Waals surface area contributed by atoms with E-state index in [-0.39, 0.29) is 18.8 Å². The van der Waals surface area contributed by atoms with Crippen LogP contribution in [-0.4, -0.2) is 74.1 Å². The van der Waals surface area contributed by atoms with E-state index in [9.17, 15) is 19.2 Å². The highest BCUT2D eigenvalue weighted by atomic mass is 16.6. The van der Waals surface area contributed by atoms with Crippen LogP contribution in [0.15, 0.2) is 34.4 Å². The molecule has 13 nitrogen and oxygen atoms in total. The highest BCUT2D eigenvalue weighted by molar-refractivity contribution is 6.05. The Balaban J connectivity index is 1.88. The van der Waals surface area contributed by atoms with Crippen LogP contribution in [0, 0.1) is 0 Å². The fraction of sp³-hybridized carbons (Fsp3) is 0.478. The lowest BCUT2D eigenvalue weighted by Crippen LogP contribution is -2.49. The molecule has 0 spiro atoms. The van der Waals surface area contributed by atoms with Crippen LogP contribution >= 0.6 is 0 Å². The third-order valence-electron chi connectivity index (χ3n) is 4.73. The van der Waals surface area contributed by atoms with Crippen molar-refractivity contribution in [3.05, 3.63) is 35.4 Å². The second kappa shape index (κ2) is 12.5. The van der Waals surface area contributed by atoms with E-state index in [1.165, 1.54) is 0 Å². The van der Waals surface area contributed by atoms with E-state index in [4.69, 9.17) is 15.3 Å². The summed E-state index contributed by atoms with van der Waals surface area (Å²) in [5, 5.41) is 8.88. The van der Waals surface area contributed by atoms with Gasteiger partial charge in [0.2, 0.25) is 5.91 Å². The first-order valence-corrected chi connectivity index (χ1v) is 11.0. The van der Waals surface area contributed by atoms with Gasteiger partial charge in [0.15, 0.2) is 0 Å². The monoisotopic (exact) mass is 505 g/mol. The molecule has 0 bridgehead atoms. The molecule has 1 unspecified atom stereocenters. The van der Waals surface area contributed by atoms with Gasteiger partial charge in [0.05, 0.1) is 26.4 Å².